The molecular formula is C57H50N2. The molecular weight excluding hydrogens is 713 g/mol. The summed E-state index contributed by atoms with van der Waals surface area (Å²) >= 11 is 0. The first-order valence-electron chi connectivity index (χ1n) is 21.6. The first-order chi connectivity index (χ1) is 29.2. The third-order valence-electron chi connectivity index (χ3n) is 12.6. The van der Waals surface area contributed by atoms with Gasteiger partial charge in [-0.2, -0.15) is 0 Å². The number of anilines is 6. The minimum atomic E-state index is -0.421. The predicted molar refractivity (Wildman–Crippen MR) is 249 cm³/mol. The number of hydrogen-bond acceptors (Lipinski definition) is 2. The van der Waals surface area contributed by atoms with Crippen molar-refractivity contribution in [3.05, 3.63) is 228 Å². The fraction of sp³-hybridized carbons (Fsp3) is 0.158. The summed E-state index contributed by atoms with van der Waals surface area (Å²) in [5, 5.41) is 0. The molecule has 59 heavy (non-hydrogen) atoms. The molecule has 0 saturated carbocycles. The summed E-state index contributed by atoms with van der Waals surface area (Å²) in [5.74, 6) is 0. The van der Waals surface area contributed by atoms with Gasteiger partial charge in [0.1, 0.15) is 0 Å². The van der Waals surface area contributed by atoms with Gasteiger partial charge in [0.15, 0.2) is 0 Å². The zero-order chi connectivity index (χ0) is 39.8. The quantitative estimate of drug-likeness (QED) is 0.122. The number of benzene rings is 8. The Kier molecular flexibility index (Phi) is 9.70. The largest absolute Gasteiger partial charge is 0.311 e. The Morgan fingerprint density at radius 1 is 0.322 bits per heavy atom. The SMILES string of the molecule is CCCCc1ccc2c(c1)C1(c3ccccc3-c3ccc(N(c4ccccc4)c4ccc(N(c5ccccc5)c5ccccc5)cc4)cc31)c1cc(CCCC)ccc1-2. The number of unbranched alkanes of at least 4 members (excludes halogenated alkanes) is 2. The molecule has 0 fully saturated rings. The minimum absolute atomic E-state index is 0.421. The highest BCUT2D eigenvalue weighted by molar-refractivity contribution is 5.96. The van der Waals surface area contributed by atoms with Crippen molar-refractivity contribution in [2.45, 2.75) is 57.8 Å². The Hall–Kier alpha value is -6.64. The highest BCUT2D eigenvalue weighted by Gasteiger charge is 2.52. The van der Waals surface area contributed by atoms with E-state index in [1.165, 1.54) is 81.3 Å². The van der Waals surface area contributed by atoms with Gasteiger partial charge in [0.05, 0.1) is 5.41 Å². The minimum Gasteiger partial charge on any atom is -0.311 e. The molecule has 0 atom stereocenters. The number of fused-ring (bicyclic) bond motifs is 10. The van der Waals surface area contributed by atoms with E-state index < -0.39 is 5.41 Å². The normalized spacial score (nSPS) is 12.8. The van der Waals surface area contributed by atoms with Gasteiger partial charge < -0.3 is 9.80 Å². The monoisotopic (exact) mass is 762 g/mol. The van der Waals surface area contributed by atoms with Crippen molar-refractivity contribution in [1.29, 1.82) is 0 Å². The van der Waals surface area contributed by atoms with Crippen molar-refractivity contribution in [1.82, 2.24) is 0 Å². The third-order valence-corrected chi connectivity index (χ3v) is 12.6. The predicted octanol–water partition coefficient (Wildman–Crippen LogP) is 15.7. The Labute approximate surface area is 350 Å². The van der Waals surface area contributed by atoms with Crippen molar-refractivity contribution in [2.75, 3.05) is 9.80 Å². The maximum Gasteiger partial charge on any atom is 0.0726 e. The summed E-state index contributed by atoms with van der Waals surface area (Å²) in [4.78, 5) is 4.76. The van der Waals surface area contributed by atoms with Gasteiger partial charge in [0.2, 0.25) is 0 Å². The lowest BCUT2D eigenvalue weighted by Crippen LogP contribution is -2.26. The first kappa shape index (κ1) is 36.7. The molecule has 288 valence electrons. The van der Waals surface area contributed by atoms with Gasteiger partial charge >= 0.3 is 0 Å². The lowest BCUT2D eigenvalue weighted by Gasteiger charge is -2.33. The second-order valence-electron chi connectivity index (χ2n) is 16.2. The Morgan fingerprint density at radius 2 is 0.678 bits per heavy atom. The lowest BCUT2D eigenvalue weighted by molar-refractivity contribution is 0.767. The number of nitrogens with zero attached hydrogens (tertiary/aromatic N) is 2. The zero-order valence-electron chi connectivity index (χ0n) is 34.1. The molecule has 2 aliphatic rings. The summed E-state index contributed by atoms with van der Waals surface area (Å²) in [7, 11) is 0. The molecule has 1 spiro atoms. The lowest BCUT2D eigenvalue weighted by atomic mass is 9.70. The second kappa shape index (κ2) is 15.6. The van der Waals surface area contributed by atoms with Crippen LogP contribution < -0.4 is 9.80 Å². The zero-order valence-corrected chi connectivity index (χ0v) is 34.1. The summed E-state index contributed by atoms with van der Waals surface area (Å²) in [6, 6.07) is 72.4. The molecule has 0 bridgehead atoms. The van der Waals surface area contributed by atoms with Gasteiger partial charge in [-0.15, -0.1) is 0 Å². The summed E-state index contributed by atoms with van der Waals surface area (Å²) in [6.45, 7) is 4.59. The van der Waals surface area contributed by atoms with E-state index in [-0.39, 0.29) is 0 Å². The molecule has 0 aromatic heterocycles. The van der Waals surface area contributed by atoms with Crippen molar-refractivity contribution < 1.29 is 0 Å². The fourth-order valence-electron chi connectivity index (χ4n) is 9.85. The van der Waals surface area contributed by atoms with Crippen LogP contribution in [-0.2, 0) is 18.3 Å². The van der Waals surface area contributed by atoms with Gasteiger partial charge in [-0.05, 0) is 154 Å². The van der Waals surface area contributed by atoms with Gasteiger partial charge in [-0.1, -0.05) is 148 Å². The molecule has 2 aliphatic carbocycles. The average molecular weight is 763 g/mol. The fourth-order valence-corrected chi connectivity index (χ4v) is 9.85. The molecule has 0 unspecified atom stereocenters. The molecule has 8 aromatic carbocycles. The van der Waals surface area contributed by atoms with Crippen LogP contribution in [0, 0.1) is 0 Å². The van der Waals surface area contributed by atoms with E-state index >= 15 is 0 Å². The van der Waals surface area contributed by atoms with Crippen LogP contribution >= 0.6 is 0 Å². The van der Waals surface area contributed by atoms with E-state index in [0.29, 0.717) is 0 Å². The molecule has 0 amide bonds. The molecule has 0 saturated heterocycles. The first-order valence-corrected chi connectivity index (χ1v) is 21.6. The Morgan fingerprint density at radius 3 is 1.15 bits per heavy atom. The molecule has 2 heteroatoms. The maximum absolute atomic E-state index is 2.56. The van der Waals surface area contributed by atoms with Crippen LogP contribution in [0.1, 0.15) is 72.9 Å². The van der Waals surface area contributed by atoms with E-state index in [2.05, 4.69) is 218 Å². The Balaban J connectivity index is 1.16. The van der Waals surface area contributed by atoms with Crippen LogP contribution in [-0.4, -0.2) is 0 Å². The Bertz CT molecular complexity index is 2640. The van der Waals surface area contributed by atoms with E-state index in [1.54, 1.807) is 0 Å². The average Bonchev–Trinajstić information content (AvgIpc) is 3.75. The summed E-state index contributed by atoms with van der Waals surface area (Å²) in [6.07, 6.45) is 6.94. The van der Waals surface area contributed by atoms with Gasteiger partial charge in [0.25, 0.3) is 0 Å². The third kappa shape index (κ3) is 6.26. The van der Waals surface area contributed by atoms with Crippen LogP contribution in [0.5, 0.6) is 0 Å². The number of aryl methyl sites for hydroxylation is 2. The molecule has 0 radical (unpaired) electrons. The highest BCUT2D eigenvalue weighted by Crippen LogP contribution is 2.63. The molecule has 2 nitrogen and oxygen atoms in total. The van der Waals surface area contributed by atoms with Crippen molar-refractivity contribution >= 4 is 34.1 Å². The number of para-hydroxylation sites is 3. The number of rotatable bonds is 12. The molecule has 0 aliphatic heterocycles. The van der Waals surface area contributed by atoms with E-state index in [0.717, 1.165) is 47.0 Å². The van der Waals surface area contributed by atoms with E-state index in [9.17, 15) is 0 Å². The van der Waals surface area contributed by atoms with Gasteiger partial charge in [0, 0.05) is 34.1 Å². The van der Waals surface area contributed by atoms with Crippen LogP contribution in [0.25, 0.3) is 22.3 Å². The van der Waals surface area contributed by atoms with Crippen molar-refractivity contribution in [3.8, 4) is 22.3 Å². The second-order valence-corrected chi connectivity index (χ2v) is 16.2. The summed E-state index contributed by atoms with van der Waals surface area (Å²) in [5.41, 5.74) is 20.2. The topological polar surface area (TPSA) is 6.48 Å². The van der Waals surface area contributed by atoms with Gasteiger partial charge in [-0.3, -0.25) is 0 Å². The van der Waals surface area contributed by atoms with Crippen LogP contribution in [0.4, 0.5) is 34.1 Å². The van der Waals surface area contributed by atoms with Crippen molar-refractivity contribution in [3.63, 3.8) is 0 Å². The van der Waals surface area contributed by atoms with Crippen LogP contribution in [0.3, 0.4) is 0 Å². The molecule has 0 heterocycles. The van der Waals surface area contributed by atoms with Crippen LogP contribution in [0.2, 0.25) is 0 Å². The highest BCUT2D eigenvalue weighted by atomic mass is 15.2. The van der Waals surface area contributed by atoms with E-state index in [1.807, 2.05) is 0 Å². The van der Waals surface area contributed by atoms with E-state index in [4.69, 9.17) is 0 Å². The summed E-state index contributed by atoms with van der Waals surface area (Å²) < 4.78 is 0. The van der Waals surface area contributed by atoms with Crippen molar-refractivity contribution in [2.24, 2.45) is 0 Å². The standard InChI is InChI=1S/C57H50N2/c1-3-5-18-41-28-35-50-51-36-29-42(19-6-4-2)39-55(51)57(54(50)38-41)53-27-17-16-26-49(53)52-37-34-48(40-56(52)57)59(45-24-14-9-15-25-45)47-32-30-46(31-33-47)58(43-20-10-7-11-21-43)44-22-12-8-13-23-44/h7-17,20-40H,3-6,18-19H2,1-2H3. The molecule has 8 aromatic rings. The maximum atomic E-state index is 2.56. The number of hydrogen-bond donors (Lipinski definition) is 0. The molecule has 10 rings (SSSR count). The van der Waals surface area contributed by atoms with Crippen LogP contribution in [0.15, 0.2) is 194 Å². The smallest absolute Gasteiger partial charge is 0.0726 e. The van der Waals surface area contributed by atoms with Gasteiger partial charge in [-0.25, -0.2) is 0 Å². The molecule has 0 N–H and O–H groups in total.